The average molecular weight is 495 g/mol. The van der Waals surface area contributed by atoms with Gasteiger partial charge in [0.2, 0.25) is 0 Å². The number of methoxy groups -OCH3 is 1. The third-order valence-corrected chi connectivity index (χ3v) is 5.10. The molecule has 0 unspecified atom stereocenters. The van der Waals surface area contributed by atoms with E-state index in [1.807, 2.05) is 12.1 Å². The first kappa shape index (κ1) is 22.3. The Balaban J connectivity index is 0.00000280. The van der Waals surface area contributed by atoms with Crippen LogP contribution in [0.4, 0.5) is 0 Å². The summed E-state index contributed by atoms with van der Waals surface area (Å²) in [6.45, 7) is 4.37. The molecule has 0 bridgehead atoms. The third kappa shape index (κ3) is 5.77. The van der Waals surface area contributed by atoms with Crippen LogP contribution in [0.5, 0.6) is 11.5 Å². The van der Waals surface area contributed by atoms with Crippen LogP contribution in [0.3, 0.4) is 0 Å². The summed E-state index contributed by atoms with van der Waals surface area (Å²) in [5.41, 5.74) is 2.48. The Morgan fingerprint density at radius 2 is 1.89 bits per heavy atom. The van der Waals surface area contributed by atoms with Gasteiger partial charge in [0.1, 0.15) is 11.5 Å². The molecule has 6 heteroatoms. The lowest BCUT2D eigenvalue weighted by Crippen LogP contribution is -2.39. The molecule has 1 aliphatic rings. The molecule has 0 radical (unpaired) electrons. The Bertz CT molecular complexity index is 777. The zero-order chi connectivity index (χ0) is 19.1. The highest BCUT2D eigenvalue weighted by Crippen LogP contribution is 2.48. The number of halogens is 1. The van der Waals surface area contributed by atoms with E-state index in [1.165, 1.54) is 18.4 Å². The zero-order valence-electron chi connectivity index (χ0n) is 16.6. The first-order chi connectivity index (χ1) is 13.2. The van der Waals surface area contributed by atoms with Gasteiger partial charge in [-0.3, -0.25) is 4.99 Å². The lowest BCUT2D eigenvalue weighted by Gasteiger charge is -2.16. The van der Waals surface area contributed by atoms with Gasteiger partial charge in [0.25, 0.3) is 0 Å². The van der Waals surface area contributed by atoms with Crippen LogP contribution in [-0.4, -0.2) is 37.8 Å². The van der Waals surface area contributed by atoms with Crippen LogP contribution in [0, 0.1) is 0 Å². The Hall–Kier alpha value is -1.96. The van der Waals surface area contributed by atoms with E-state index in [1.54, 1.807) is 13.2 Å². The summed E-state index contributed by atoms with van der Waals surface area (Å²) in [4.78, 5) is 4.82. The first-order valence-corrected chi connectivity index (χ1v) is 9.60. The number of aliphatic imine (C=N–C) groups is 1. The summed E-state index contributed by atoms with van der Waals surface area (Å²) < 4.78 is 5.13. The number of nitrogens with one attached hydrogen (secondary N) is 2. The molecule has 2 aromatic rings. The Morgan fingerprint density at radius 1 is 1.14 bits per heavy atom. The molecule has 1 aliphatic carbocycles. The predicted molar refractivity (Wildman–Crippen MR) is 125 cm³/mol. The number of hydrogen-bond acceptors (Lipinski definition) is 3. The van der Waals surface area contributed by atoms with Gasteiger partial charge >= 0.3 is 0 Å². The summed E-state index contributed by atoms with van der Waals surface area (Å²) in [6, 6.07) is 16.1. The second-order valence-corrected chi connectivity index (χ2v) is 7.01. The molecular formula is C22H30IN3O2. The van der Waals surface area contributed by atoms with Crippen molar-refractivity contribution in [2.75, 3.05) is 26.7 Å². The molecule has 0 saturated heterocycles. The molecule has 3 rings (SSSR count). The number of benzene rings is 2. The molecular weight excluding hydrogens is 465 g/mol. The van der Waals surface area contributed by atoms with Gasteiger partial charge in [0, 0.05) is 24.6 Å². The second kappa shape index (κ2) is 10.5. The highest BCUT2D eigenvalue weighted by atomic mass is 127. The lowest BCUT2D eigenvalue weighted by molar-refractivity contribution is 0.406. The van der Waals surface area contributed by atoms with E-state index in [0.717, 1.165) is 24.6 Å². The number of aromatic hydroxyl groups is 1. The molecule has 2 aromatic carbocycles. The standard InChI is InChI=1S/C22H29N3O2.HI/c1-3-23-21(24-14-11-17-9-10-19(27-2)15-20(17)26)25-16-22(12-13-22)18-7-5-4-6-8-18;/h4-10,15,26H,3,11-14,16H2,1-2H3,(H2,23,24,25);1H. The molecule has 0 aromatic heterocycles. The SMILES string of the molecule is CCNC(=NCC1(c2ccccc2)CC1)NCCc1ccc(OC)cc1O.I. The van der Waals surface area contributed by atoms with Crippen molar-refractivity contribution in [3.63, 3.8) is 0 Å². The van der Waals surface area contributed by atoms with Crippen molar-refractivity contribution >= 4 is 29.9 Å². The van der Waals surface area contributed by atoms with Crippen LogP contribution in [0.2, 0.25) is 0 Å². The van der Waals surface area contributed by atoms with Gasteiger partial charge in [0.05, 0.1) is 13.7 Å². The monoisotopic (exact) mass is 495 g/mol. The van der Waals surface area contributed by atoms with Gasteiger partial charge in [-0.05, 0) is 43.4 Å². The predicted octanol–water partition coefficient (Wildman–Crippen LogP) is 3.85. The molecule has 0 amide bonds. The van der Waals surface area contributed by atoms with Crippen LogP contribution in [-0.2, 0) is 11.8 Å². The molecule has 0 spiro atoms. The number of nitrogens with zero attached hydrogens (tertiary/aromatic N) is 1. The van der Waals surface area contributed by atoms with Crippen molar-refractivity contribution in [1.82, 2.24) is 10.6 Å². The quantitative estimate of drug-likeness (QED) is 0.296. The normalized spacial score (nSPS) is 14.7. The van der Waals surface area contributed by atoms with Crippen LogP contribution in [0.25, 0.3) is 0 Å². The fourth-order valence-corrected chi connectivity index (χ4v) is 3.25. The minimum Gasteiger partial charge on any atom is -0.508 e. The Labute approximate surface area is 184 Å². The minimum atomic E-state index is 0. The summed E-state index contributed by atoms with van der Waals surface area (Å²) in [5, 5.41) is 16.8. The molecule has 0 heterocycles. The maximum atomic E-state index is 10.1. The molecule has 0 aliphatic heterocycles. The molecule has 152 valence electrons. The molecule has 1 fully saturated rings. The zero-order valence-corrected chi connectivity index (χ0v) is 18.9. The highest BCUT2D eigenvalue weighted by Gasteiger charge is 2.43. The van der Waals surface area contributed by atoms with Crippen molar-refractivity contribution in [3.8, 4) is 11.5 Å². The van der Waals surface area contributed by atoms with Crippen LogP contribution in [0.1, 0.15) is 30.9 Å². The number of rotatable bonds is 8. The van der Waals surface area contributed by atoms with Gasteiger partial charge in [-0.1, -0.05) is 36.4 Å². The Kier molecular flexibility index (Phi) is 8.41. The number of phenolic OH excluding ortho intramolecular Hbond substituents is 1. The smallest absolute Gasteiger partial charge is 0.191 e. The molecule has 5 nitrogen and oxygen atoms in total. The van der Waals surface area contributed by atoms with Gasteiger partial charge in [-0.15, -0.1) is 24.0 Å². The topological polar surface area (TPSA) is 65.9 Å². The lowest BCUT2D eigenvalue weighted by atomic mass is 9.96. The van der Waals surface area contributed by atoms with E-state index >= 15 is 0 Å². The number of hydrogen-bond donors (Lipinski definition) is 3. The Morgan fingerprint density at radius 3 is 2.50 bits per heavy atom. The van der Waals surface area contributed by atoms with Gasteiger partial charge in [-0.25, -0.2) is 0 Å². The van der Waals surface area contributed by atoms with E-state index in [0.29, 0.717) is 18.7 Å². The first-order valence-electron chi connectivity index (χ1n) is 9.60. The summed E-state index contributed by atoms with van der Waals surface area (Å²) >= 11 is 0. The van der Waals surface area contributed by atoms with Crippen molar-refractivity contribution < 1.29 is 9.84 Å². The number of ether oxygens (including phenoxy) is 1. The van der Waals surface area contributed by atoms with Crippen LogP contribution in [0.15, 0.2) is 53.5 Å². The van der Waals surface area contributed by atoms with E-state index in [-0.39, 0.29) is 35.1 Å². The van der Waals surface area contributed by atoms with Gasteiger partial charge in [0.15, 0.2) is 5.96 Å². The molecule has 28 heavy (non-hydrogen) atoms. The number of guanidine groups is 1. The van der Waals surface area contributed by atoms with Crippen molar-refractivity contribution in [1.29, 1.82) is 0 Å². The van der Waals surface area contributed by atoms with Gasteiger partial charge < -0.3 is 20.5 Å². The van der Waals surface area contributed by atoms with E-state index in [2.05, 4.69) is 47.9 Å². The second-order valence-electron chi connectivity index (χ2n) is 7.01. The largest absolute Gasteiger partial charge is 0.508 e. The summed E-state index contributed by atoms with van der Waals surface area (Å²) in [7, 11) is 1.59. The molecule has 3 N–H and O–H groups in total. The molecule has 0 atom stereocenters. The minimum absolute atomic E-state index is 0. The maximum absolute atomic E-state index is 10.1. The van der Waals surface area contributed by atoms with Gasteiger partial charge in [-0.2, -0.15) is 0 Å². The van der Waals surface area contributed by atoms with Crippen molar-refractivity contribution in [3.05, 3.63) is 59.7 Å². The third-order valence-electron chi connectivity index (χ3n) is 5.10. The fraction of sp³-hybridized carbons (Fsp3) is 0.409. The van der Waals surface area contributed by atoms with Crippen LogP contribution < -0.4 is 15.4 Å². The maximum Gasteiger partial charge on any atom is 0.191 e. The summed E-state index contributed by atoms with van der Waals surface area (Å²) in [6.07, 6.45) is 3.10. The van der Waals surface area contributed by atoms with Crippen molar-refractivity contribution in [2.24, 2.45) is 4.99 Å². The number of phenols is 1. The van der Waals surface area contributed by atoms with E-state index in [9.17, 15) is 5.11 Å². The fourth-order valence-electron chi connectivity index (χ4n) is 3.25. The van der Waals surface area contributed by atoms with E-state index < -0.39 is 0 Å². The van der Waals surface area contributed by atoms with Crippen molar-refractivity contribution in [2.45, 2.75) is 31.6 Å². The van der Waals surface area contributed by atoms with Crippen LogP contribution >= 0.6 is 24.0 Å². The highest BCUT2D eigenvalue weighted by molar-refractivity contribution is 14.0. The summed E-state index contributed by atoms with van der Waals surface area (Å²) in [5.74, 6) is 1.75. The average Bonchev–Trinajstić information content (AvgIpc) is 3.49. The van der Waals surface area contributed by atoms with E-state index in [4.69, 9.17) is 9.73 Å². The molecule has 1 saturated carbocycles.